The van der Waals surface area contributed by atoms with Gasteiger partial charge in [-0.15, -0.1) is 6.58 Å². The van der Waals surface area contributed by atoms with Gasteiger partial charge < -0.3 is 5.11 Å². The zero-order chi connectivity index (χ0) is 16.2. The number of aliphatic carboxylic acids is 1. The number of hydrogen-bond donors (Lipinski definition) is 1. The zero-order valence-corrected chi connectivity index (χ0v) is 14.4. The van der Waals surface area contributed by atoms with Crippen molar-refractivity contribution in [2.24, 2.45) is 22.2 Å². The molecule has 3 aliphatic carbocycles. The van der Waals surface area contributed by atoms with Crippen LogP contribution in [0, 0.1) is 22.2 Å². The van der Waals surface area contributed by atoms with Crippen LogP contribution in [0.3, 0.4) is 0 Å². The molecule has 2 heteroatoms. The molecule has 0 aliphatic heterocycles. The topological polar surface area (TPSA) is 37.3 Å². The second-order valence-electron chi connectivity index (χ2n) is 8.70. The highest BCUT2D eigenvalue weighted by molar-refractivity contribution is 5.75. The molecule has 0 heterocycles. The minimum Gasteiger partial charge on any atom is -0.481 e. The van der Waals surface area contributed by atoms with Gasteiger partial charge in [0.25, 0.3) is 0 Å². The van der Waals surface area contributed by atoms with E-state index in [0.29, 0.717) is 5.92 Å². The number of hydrogen-bond acceptors (Lipinski definition) is 1. The molecule has 0 bridgehead atoms. The largest absolute Gasteiger partial charge is 0.481 e. The van der Waals surface area contributed by atoms with E-state index >= 15 is 0 Å². The SMILES string of the molecule is C=C[C@@]1(C)CCC2=C(CC[C@H]3[C@](C)(C(=O)O)CCC[C@]23C)C1. The van der Waals surface area contributed by atoms with Crippen molar-refractivity contribution in [3.05, 3.63) is 23.8 Å². The summed E-state index contributed by atoms with van der Waals surface area (Å²) in [4.78, 5) is 12.0. The Balaban J connectivity index is 2.01. The minimum absolute atomic E-state index is 0.113. The van der Waals surface area contributed by atoms with Gasteiger partial charge >= 0.3 is 5.97 Å². The van der Waals surface area contributed by atoms with E-state index in [9.17, 15) is 9.90 Å². The van der Waals surface area contributed by atoms with Crippen molar-refractivity contribution in [2.75, 3.05) is 0 Å². The fourth-order valence-corrected chi connectivity index (χ4v) is 5.82. The molecule has 0 amide bonds. The lowest BCUT2D eigenvalue weighted by atomic mass is 9.47. The first kappa shape index (κ1) is 15.8. The number of carboxylic acids is 1. The van der Waals surface area contributed by atoms with Crippen LogP contribution in [0.2, 0.25) is 0 Å². The van der Waals surface area contributed by atoms with Crippen molar-refractivity contribution in [1.82, 2.24) is 0 Å². The van der Waals surface area contributed by atoms with E-state index in [1.807, 2.05) is 6.92 Å². The second-order valence-corrected chi connectivity index (χ2v) is 8.70. The summed E-state index contributed by atoms with van der Waals surface area (Å²) in [5.74, 6) is -0.280. The Bertz CT molecular complexity index is 546. The molecule has 0 aromatic carbocycles. The Morgan fingerprint density at radius 3 is 2.59 bits per heavy atom. The molecule has 4 atom stereocenters. The highest BCUT2D eigenvalue weighted by Crippen LogP contribution is 2.63. The maximum Gasteiger partial charge on any atom is 0.309 e. The molecule has 0 aromatic heterocycles. The van der Waals surface area contributed by atoms with Crippen molar-refractivity contribution < 1.29 is 9.90 Å². The normalized spacial score (nSPS) is 45.0. The third-order valence-electron chi connectivity index (χ3n) is 7.33. The highest BCUT2D eigenvalue weighted by atomic mass is 16.4. The van der Waals surface area contributed by atoms with Crippen LogP contribution in [0.4, 0.5) is 0 Å². The van der Waals surface area contributed by atoms with Crippen LogP contribution in [0.5, 0.6) is 0 Å². The van der Waals surface area contributed by atoms with E-state index in [4.69, 9.17) is 0 Å². The van der Waals surface area contributed by atoms with Gasteiger partial charge in [-0.1, -0.05) is 37.5 Å². The van der Waals surface area contributed by atoms with Gasteiger partial charge in [0.1, 0.15) is 0 Å². The molecule has 0 spiro atoms. The summed E-state index contributed by atoms with van der Waals surface area (Å²) < 4.78 is 0. The quantitative estimate of drug-likeness (QED) is 0.698. The number of carboxylic acid groups (broad SMARTS) is 1. The number of carbonyl (C=O) groups is 1. The predicted octanol–water partition coefficient (Wildman–Crippen LogP) is 5.35. The third-order valence-corrected chi connectivity index (χ3v) is 7.33. The average molecular weight is 302 g/mol. The van der Waals surface area contributed by atoms with Crippen molar-refractivity contribution in [2.45, 2.75) is 72.1 Å². The van der Waals surface area contributed by atoms with Crippen molar-refractivity contribution in [3.8, 4) is 0 Å². The van der Waals surface area contributed by atoms with Gasteiger partial charge in [-0.3, -0.25) is 4.79 Å². The standard InChI is InChI=1S/C20H30O2/c1-5-18(2)12-9-15-14(13-18)7-8-16-19(15,3)10-6-11-20(16,4)17(21)22/h5,16H,1,6-13H2,2-4H3,(H,21,22)/t16-,18+,19-,20-/m1/s1. The maximum atomic E-state index is 12.0. The minimum atomic E-state index is -0.584. The molecule has 22 heavy (non-hydrogen) atoms. The number of fused-ring (bicyclic) bond motifs is 2. The molecule has 122 valence electrons. The summed E-state index contributed by atoms with van der Waals surface area (Å²) in [6, 6.07) is 0. The van der Waals surface area contributed by atoms with Gasteiger partial charge in [-0.2, -0.15) is 0 Å². The Morgan fingerprint density at radius 1 is 1.23 bits per heavy atom. The smallest absolute Gasteiger partial charge is 0.309 e. The fourth-order valence-electron chi connectivity index (χ4n) is 5.82. The van der Waals surface area contributed by atoms with E-state index < -0.39 is 11.4 Å². The lowest BCUT2D eigenvalue weighted by Crippen LogP contribution is -2.51. The van der Waals surface area contributed by atoms with Crippen molar-refractivity contribution in [3.63, 3.8) is 0 Å². The molecule has 2 nitrogen and oxygen atoms in total. The van der Waals surface area contributed by atoms with E-state index in [1.165, 1.54) is 12.8 Å². The third kappa shape index (κ3) is 2.10. The molecular formula is C20H30O2. The van der Waals surface area contributed by atoms with Crippen LogP contribution in [-0.2, 0) is 4.79 Å². The fraction of sp³-hybridized carbons (Fsp3) is 0.750. The van der Waals surface area contributed by atoms with Crippen LogP contribution < -0.4 is 0 Å². The molecule has 3 aliphatic rings. The zero-order valence-electron chi connectivity index (χ0n) is 14.4. The van der Waals surface area contributed by atoms with Gasteiger partial charge in [-0.25, -0.2) is 0 Å². The Labute approximate surface area is 134 Å². The van der Waals surface area contributed by atoms with E-state index in [1.54, 1.807) is 11.1 Å². The average Bonchev–Trinajstić information content (AvgIpc) is 2.46. The highest BCUT2D eigenvalue weighted by Gasteiger charge is 2.56. The van der Waals surface area contributed by atoms with Gasteiger partial charge in [0.2, 0.25) is 0 Å². The number of rotatable bonds is 2. The first-order valence-electron chi connectivity index (χ1n) is 8.84. The van der Waals surface area contributed by atoms with Gasteiger partial charge in [-0.05, 0) is 68.6 Å². The van der Waals surface area contributed by atoms with Crippen LogP contribution in [0.15, 0.2) is 23.8 Å². The molecular weight excluding hydrogens is 272 g/mol. The lowest BCUT2D eigenvalue weighted by molar-refractivity contribution is -0.159. The van der Waals surface area contributed by atoms with Crippen LogP contribution in [0.1, 0.15) is 72.1 Å². The van der Waals surface area contributed by atoms with E-state index in [2.05, 4.69) is 26.5 Å². The van der Waals surface area contributed by atoms with Crippen LogP contribution in [0.25, 0.3) is 0 Å². The number of allylic oxidation sites excluding steroid dienone is 3. The Kier molecular flexibility index (Phi) is 3.58. The molecule has 1 saturated carbocycles. The van der Waals surface area contributed by atoms with Crippen LogP contribution >= 0.6 is 0 Å². The monoisotopic (exact) mass is 302 g/mol. The predicted molar refractivity (Wildman–Crippen MR) is 89.6 cm³/mol. The summed E-state index contributed by atoms with van der Waals surface area (Å²) in [5.41, 5.74) is 3.07. The molecule has 3 rings (SSSR count). The molecule has 0 unspecified atom stereocenters. The summed E-state index contributed by atoms with van der Waals surface area (Å²) in [6.45, 7) is 10.7. The summed E-state index contributed by atoms with van der Waals surface area (Å²) in [6.07, 6.45) is 10.8. The molecule has 1 fully saturated rings. The Morgan fingerprint density at radius 2 is 1.95 bits per heavy atom. The van der Waals surface area contributed by atoms with Crippen molar-refractivity contribution in [1.29, 1.82) is 0 Å². The van der Waals surface area contributed by atoms with Crippen molar-refractivity contribution >= 4 is 5.97 Å². The van der Waals surface area contributed by atoms with Gasteiger partial charge in [0.15, 0.2) is 0 Å². The molecule has 0 saturated heterocycles. The first-order valence-corrected chi connectivity index (χ1v) is 8.84. The molecule has 1 N–H and O–H groups in total. The van der Waals surface area contributed by atoms with Crippen LogP contribution in [-0.4, -0.2) is 11.1 Å². The maximum absolute atomic E-state index is 12.0. The van der Waals surface area contributed by atoms with E-state index in [-0.39, 0.29) is 10.8 Å². The van der Waals surface area contributed by atoms with Gasteiger partial charge in [0, 0.05) is 0 Å². The van der Waals surface area contributed by atoms with E-state index in [0.717, 1.165) is 38.5 Å². The summed E-state index contributed by atoms with van der Waals surface area (Å²) in [7, 11) is 0. The summed E-state index contributed by atoms with van der Waals surface area (Å²) in [5, 5.41) is 9.84. The summed E-state index contributed by atoms with van der Waals surface area (Å²) >= 11 is 0. The first-order chi connectivity index (χ1) is 10.3. The second kappa shape index (κ2) is 4.97. The lowest BCUT2D eigenvalue weighted by Gasteiger charge is -2.56. The molecule has 0 radical (unpaired) electrons. The molecule has 0 aromatic rings. The Hall–Kier alpha value is -1.05. The van der Waals surface area contributed by atoms with Gasteiger partial charge in [0.05, 0.1) is 5.41 Å².